The molecule has 1 N–H and O–H groups in total. The summed E-state index contributed by atoms with van der Waals surface area (Å²) < 4.78 is 5.66. The van der Waals surface area contributed by atoms with Gasteiger partial charge in [-0.2, -0.15) is 0 Å². The molecule has 0 amide bonds. The maximum Gasteiger partial charge on any atom is 0.117 e. The number of likely N-dealkylation sites (N-methyl/N-ethyl adjacent to an activating group) is 1. The summed E-state index contributed by atoms with van der Waals surface area (Å²) in [5.74, 6) is 2.13. The minimum absolute atomic E-state index is 0.821. The van der Waals surface area contributed by atoms with Gasteiger partial charge in [0.25, 0.3) is 0 Å². The first-order valence-electron chi connectivity index (χ1n) is 7.28. The highest BCUT2D eigenvalue weighted by Crippen LogP contribution is 2.21. The van der Waals surface area contributed by atoms with Crippen LogP contribution in [0.2, 0.25) is 0 Å². The van der Waals surface area contributed by atoms with E-state index in [1.165, 1.54) is 25.7 Å². The van der Waals surface area contributed by atoms with E-state index in [9.17, 15) is 0 Å². The Morgan fingerprint density at radius 1 is 1.28 bits per heavy atom. The molecule has 0 bridgehead atoms. The molecule has 0 radical (unpaired) electrons. The number of aryl methyl sites for hydroxylation is 1. The Morgan fingerprint density at radius 3 is 2.67 bits per heavy atom. The predicted molar refractivity (Wildman–Crippen MR) is 74.7 cm³/mol. The topological polar surface area (TPSA) is 28.4 Å². The summed E-state index contributed by atoms with van der Waals surface area (Å²) in [6.07, 6.45) is 6.57. The molecule has 3 heteroatoms. The van der Waals surface area contributed by atoms with Gasteiger partial charge in [0, 0.05) is 25.6 Å². The van der Waals surface area contributed by atoms with Gasteiger partial charge in [-0.05, 0) is 32.0 Å². The summed E-state index contributed by atoms with van der Waals surface area (Å²) in [4.78, 5) is 2.50. The zero-order valence-corrected chi connectivity index (χ0v) is 11.7. The predicted octanol–water partition coefficient (Wildman–Crippen LogP) is 2.81. The van der Waals surface area contributed by atoms with Crippen molar-refractivity contribution in [3.05, 3.63) is 23.7 Å². The Morgan fingerprint density at radius 2 is 2.00 bits per heavy atom. The van der Waals surface area contributed by atoms with Crippen molar-refractivity contribution in [1.29, 1.82) is 0 Å². The normalized spacial score (nSPS) is 16.8. The third-order valence-electron chi connectivity index (χ3n) is 3.95. The highest BCUT2D eigenvalue weighted by molar-refractivity contribution is 5.06. The van der Waals surface area contributed by atoms with Crippen LogP contribution >= 0.6 is 0 Å². The molecule has 0 aromatic carbocycles. The van der Waals surface area contributed by atoms with Crippen LogP contribution in [0.5, 0.6) is 0 Å². The van der Waals surface area contributed by atoms with Gasteiger partial charge in [-0.3, -0.25) is 0 Å². The maximum absolute atomic E-state index is 5.66. The van der Waals surface area contributed by atoms with Crippen molar-refractivity contribution in [2.45, 2.75) is 51.6 Å². The molecule has 1 aliphatic rings. The molecule has 0 spiro atoms. The lowest BCUT2D eigenvalue weighted by atomic mass is 10.2. The standard InChI is InChI=1S/C15H26N2O/c1-3-14-8-9-15(18-14)12-16-10-11-17(2)13-6-4-5-7-13/h8-9,13,16H,3-7,10-12H2,1-2H3. The molecule has 1 fully saturated rings. The summed E-state index contributed by atoms with van der Waals surface area (Å²) in [5, 5.41) is 3.46. The van der Waals surface area contributed by atoms with Crippen molar-refractivity contribution in [1.82, 2.24) is 10.2 Å². The van der Waals surface area contributed by atoms with Crippen LogP contribution in [0.4, 0.5) is 0 Å². The first-order valence-corrected chi connectivity index (χ1v) is 7.28. The second-order valence-corrected chi connectivity index (χ2v) is 5.32. The third-order valence-corrected chi connectivity index (χ3v) is 3.95. The number of furan rings is 1. The Hall–Kier alpha value is -0.800. The number of nitrogens with one attached hydrogen (secondary N) is 1. The number of hydrogen-bond donors (Lipinski definition) is 1. The van der Waals surface area contributed by atoms with E-state index in [0.29, 0.717) is 0 Å². The second kappa shape index (κ2) is 6.95. The van der Waals surface area contributed by atoms with Gasteiger partial charge in [0.05, 0.1) is 6.54 Å². The average molecular weight is 250 g/mol. The summed E-state index contributed by atoms with van der Waals surface area (Å²) in [7, 11) is 2.25. The van der Waals surface area contributed by atoms with Gasteiger partial charge < -0.3 is 14.6 Å². The largest absolute Gasteiger partial charge is 0.465 e. The molecule has 3 nitrogen and oxygen atoms in total. The van der Waals surface area contributed by atoms with E-state index in [1.54, 1.807) is 0 Å². The Kier molecular flexibility index (Phi) is 5.26. The molecule has 2 rings (SSSR count). The molecule has 1 heterocycles. The van der Waals surface area contributed by atoms with Crippen LogP contribution in [0, 0.1) is 0 Å². The van der Waals surface area contributed by atoms with E-state index >= 15 is 0 Å². The lowest BCUT2D eigenvalue weighted by molar-refractivity contribution is 0.244. The molecule has 18 heavy (non-hydrogen) atoms. The molecule has 0 atom stereocenters. The SMILES string of the molecule is CCc1ccc(CNCCN(C)C2CCCC2)o1. The summed E-state index contributed by atoms with van der Waals surface area (Å²) >= 11 is 0. The lowest BCUT2D eigenvalue weighted by Gasteiger charge is -2.23. The average Bonchev–Trinajstić information content (AvgIpc) is 3.05. The second-order valence-electron chi connectivity index (χ2n) is 5.32. The van der Waals surface area contributed by atoms with Crippen LogP contribution in [0.1, 0.15) is 44.1 Å². The zero-order chi connectivity index (χ0) is 12.8. The van der Waals surface area contributed by atoms with Crippen LogP contribution in [0.25, 0.3) is 0 Å². The van der Waals surface area contributed by atoms with Gasteiger partial charge >= 0.3 is 0 Å². The van der Waals surface area contributed by atoms with Crippen molar-refractivity contribution < 1.29 is 4.42 Å². The third kappa shape index (κ3) is 3.85. The van der Waals surface area contributed by atoms with E-state index < -0.39 is 0 Å². The monoisotopic (exact) mass is 250 g/mol. The molecule has 0 unspecified atom stereocenters. The maximum atomic E-state index is 5.66. The van der Waals surface area contributed by atoms with Gasteiger partial charge in [-0.1, -0.05) is 19.8 Å². The van der Waals surface area contributed by atoms with E-state index in [2.05, 4.69) is 36.3 Å². The van der Waals surface area contributed by atoms with Gasteiger partial charge in [0.1, 0.15) is 11.5 Å². The Labute approximate surface area is 111 Å². The minimum Gasteiger partial charge on any atom is -0.465 e. The van der Waals surface area contributed by atoms with E-state index in [4.69, 9.17) is 4.42 Å². The molecule has 0 saturated heterocycles. The van der Waals surface area contributed by atoms with E-state index in [0.717, 1.165) is 43.6 Å². The zero-order valence-electron chi connectivity index (χ0n) is 11.7. The van der Waals surface area contributed by atoms with Crippen molar-refractivity contribution in [2.75, 3.05) is 20.1 Å². The van der Waals surface area contributed by atoms with Gasteiger partial charge in [0.2, 0.25) is 0 Å². The van der Waals surface area contributed by atoms with Crippen LogP contribution < -0.4 is 5.32 Å². The van der Waals surface area contributed by atoms with E-state index in [-0.39, 0.29) is 0 Å². The van der Waals surface area contributed by atoms with Crippen LogP contribution in [-0.4, -0.2) is 31.1 Å². The van der Waals surface area contributed by atoms with E-state index in [1.807, 2.05) is 0 Å². The van der Waals surface area contributed by atoms with Crippen molar-refractivity contribution in [2.24, 2.45) is 0 Å². The van der Waals surface area contributed by atoms with Crippen LogP contribution in [0.3, 0.4) is 0 Å². The van der Waals surface area contributed by atoms with Gasteiger partial charge in [0.15, 0.2) is 0 Å². The fourth-order valence-electron chi connectivity index (χ4n) is 2.70. The summed E-state index contributed by atoms with van der Waals surface area (Å²) in [5.41, 5.74) is 0. The van der Waals surface area contributed by atoms with Crippen LogP contribution in [-0.2, 0) is 13.0 Å². The fourth-order valence-corrected chi connectivity index (χ4v) is 2.70. The molecule has 1 saturated carbocycles. The Bertz CT molecular complexity index is 342. The molecular weight excluding hydrogens is 224 g/mol. The number of nitrogens with zero attached hydrogens (tertiary/aromatic N) is 1. The molecule has 1 aliphatic carbocycles. The van der Waals surface area contributed by atoms with Crippen molar-refractivity contribution >= 4 is 0 Å². The minimum atomic E-state index is 0.821. The molecule has 0 aliphatic heterocycles. The summed E-state index contributed by atoms with van der Waals surface area (Å²) in [6, 6.07) is 4.97. The highest BCUT2D eigenvalue weighted by atomic mass is 16.3. The van der Waals surface area contributed by atoms with Crippen molar-refractivity contribution in [3.63, 3.8) is 0 Å². The first kappa shape index (κ1) is 13.6. The van der Waals surface area contributed by atoms with Gasteiger partial charge in [-0.25, -0.2) is 0 Å². The number of rotatable bonds is 7. The molecule has 102 valence electrons. The molecule has 1 aromatic heterocycles. The Balaban J connectivity index is 1.60. The quantitative estimate of drug-likeness (QED) is 0.754. The molecule has 1 aromatic rings. The lowest BCUT2D eigenvalue weighted by Crippen LogP contribution is -2.35. The highest BCUT2D eigenvalue weighted by Gasteiger charge is 2.18. The molecular formula is C15H26N2O. The summed E-state index contributed by atoms with van der Waals surface area (Å²) in [6.45, 7) is 5.13. The van der Waals surface area contributed by atoms with Crippen molar-refractivity contribution in [3.8, 4) is 0 Å². The first-order chi connectivity index (χ1) is 8.79. The number of hydrogen-bond acceptors (Lipinski definition) is 3. The fraction of sp³-hybridized carbons (Fsp3) is 0.733. The van der Waals surface area contributed by atoms with Crippen LogP contribution in [0.15, 0.2) is 16.5 Å². The smallest absolute Gasteiger partial charge is 0.117 e. The van der Waals surface area contributed by atoms with Gasteiger partial charge in [-0.15, -0.1) is 0 Å².